The Kier molecular flexibility index (Phi) is 2.61. The summed E-state index contributed by atoms with van der Waals surface area (Å²) in [4.78, 5) is 3.93. The first kappa shape index (κ1) is 12.7. The molecule has 3 rings (SSSR count). The molecule has 4 nitrogen and oxygen atoms in total. The van der Waals surface area contributed by atoms with Crippen molar-refractivity contribution < 1.29 is 13.5 Å². The maximum absolute atomic E-state index is 13.9. The van der Waals surface area contributed by atoms with Gasteiger partial charge in [0.1, 0.15) is 5.92 Å². The molecular formula is C14H13F2N3O. The summed E-state index contributed by atoms with van der Waals surface area (Å²) >= 11 is 0. The summed E-state index contributed by atoms with van der Waals surface area (Å²) in [6, 6.07) is 4.61. The number of anilines is 1. The molecule has 4 N–H and O–H groups in total. The Morgan fingerprint density at radius 1 is 1.35 bits per heavy atom. The number of halogens is 2. The van der Waals surface area contributed by atoms with Crippen LogP contribution in [0, 0.1) is 24.7 Å². The van der Waals surface area contributed by atoms with Crippen molar-refractivity contribution >= 4 is 11.7 Å². The second-order valence-corrected chi connectivity index (χ2v) is 4.96. The van der Waals surface area contributed by atoms with E-state index in [4.69, 9.17) is 16.2 Å². The first-order chi connectivity index (χ1) is 9.45. The summed E-state index contributed by atoms with van der Waals surface area (Å²) in [7, 11) is 0. The Bertz CT molecular complexity index is 662. The van der Waals surface area contributed by atoms with E-state index in [-0.39, 0.29) is 6.02 Å². The van der Waals surface area contributed by atoms with Gasteiger partial charge in [-0.1, -0.05) is 17.9 Å². The zero-order valence-corrected chi connectivity index (χ0v) is 10.7. The molecule has 3 atom stereocenters. The fourth-order valence-corrected chi connectivity index (χ4v) is 2.68. The second-order valence-electron chi connectivity index (χ2n) is 4.96. The number of benzene rings is 1. The summed E-state index contributed by atoms with van der Waals surface area (Å²) in [5.74, 6) is 4.71. The van der Waals surface area contributed by atoms with E-state index in [0.29, 0.717) is 16.8 Å². The number of aryl methyl sites for hydroxylation is 1. The van der Waals surface area contributed by atoms with Crippen LogP contribution in [0.15, 0.2) is 23.2 Å². The molecule has 20 heavy (non-hydrogen) atoms. The number of hydrogen-bond donors (Lipinski definition) is 2. The van der Waals surface area contributed by atoms with Gasteiger partial charge in [-0.2, -0.15) is 0 Å². The van der Waals surface area contributed by atoms with Gasteiger partial charge in [-0.05, 0) is 30.2 Å². The van der Waals surface area contributed by atoms with Crippen molar-refractivity contribution in [1.29, 1.82) is 0 Å². The number of fused-ring (bicyclic) bond motifs is 1. The van der Waals surface area contributed by atoms with Crippen LogP contribution in [0.1, 0.15) is 11.1 Å². The van der Waals surface area contributed by atoms with Crippen molar-refractivity contribution in [1.82, 2.24) is 0 Å². The standard InChI is InChI=1S/C14H13F2N3O/c1-7-2-3-8(17)6-10(7)14(12(15)16)9-4-5-11(9)20-13(18)19-14/h2-3,6,9,11-12H,17H2,1H3,(H2,18,19). The first-order valence-corrected chi connectivity index (χ1v) is 6.13. The molecule has 1 aliphatic heterocycles. The lowest BCUT2D eigenvalue weighted by Crippen LogP contribution is -2.55. The SMILES string of the molecule is Cc1ccc(N)cc1C1(C(F)F)N=C(N)OC2C#CC21. The number of aliphatic imine (C=N–C) groups is 1. The van der Waals surface area contributed by atoms with Crippen LogP contribution in [0.3, 0.4) is 0 Å². The van der Waals surface area contributed by atoms with E-state index in [1.807, 2.05) is 0 Å². The summed E-state index contributed by atoms with van der Waals surface area (Å²) in [6.45, 7) is 1.74. The fourth-order valence-electron chi connectivity index (χ4n) is 2.68. The highest BCUT2D eigenvalue weighted by molar-refractivity contribution is 5.75. The molecule has 1 aliphatic carbocycles. The largest absolute Gasteiger partial charge is 0.447 e. The Morgan fingerprint density at radius 2 is 2.10 bits per heavy atom. The Labute approximate surface area is 114 Å². The molecule has 3 unspecified atom stereocenters. The third-order valence-corrected chi connectivity index (χ3v) is 3.73. The molecule has 0 radical (unpaired) electrons. The molecule has 6 heteroatoms. The van der Waals surface area contributed by atoms with Crippen LogP contribution in [-0.4, -0.2) is 18.6 Å². The molecule has 0 saturated heterocycles. The van der Waals surface area contributed by atoms with Crippen LogP contribution in [0.5, 0.6) is 0 Å². The highest BCUT2D eigenvalue weighted by Gasteiger charge is 2.57. The number of hydrogen-bond acceptors (Lipinski definition) is 4. The van der Waals surface area contributed by atoms with Crippen molar-refractivity contribution in [3.05, 3.63) is 29.3 Å². The third kappa shape index (κ3) is 1.56. The van der Waals surface area contributed by atoms with Gasteiger partial charge in [-0.3, -0.25) is 0 Å². The predicted molar refractivity (Wildman–Crippen MR) is 71.0 cm³/mol. The smallest absolute Gasteiger partial charge is 0.284 e. The minimum atomic E-state index is -2.76. The minimum absolute atomic E-state index is 0.262. The van der Waals surface area contributed by atoms with Gasteiger partial charge in [0.15, 0.2) is 11.6 Å². The second kappa shape index (κ2) is 4.10. The molecule has 1 aromatic rings. The van der Waals surface area contributed by atoms with Crippen LogP contribution < -0.4 is 11.5 Å². The van der Waals surface area contributed by atoms with Crippen molar-refractivity contribution in [2.75, 3.05) is 5.73 Å². The molecule has 0 amide bonds. The van der Waals surface area contributed by atoms with Gasteiger partial charge >= 0.3 is 0 Å². The van der Waals surface area contributed by atoms with Gasteiger partial charge in [0, 0.05) is 5.69 Å². The molecule has 1 heterocycles. The number of nitrogen functional groups attached to an aromatic ring is 1. The molecule has 0 spiro atoms. The van der Waals surface area contributed by atoms with E-state index >= 15 is 0 Å². The van der Waals surface area contributed by atoms with E-state index in [2.05, 4.69) is 16.8 Å². The maximum atomic E-state index is 13.9. The van der Waals surface area contributed by atoms with E-state index in [1.54, 1.807) is 19.1 Å². The zero-order valence-electron chi connectivity index (χ0n) is 10.7. The van der Waals surface area contributed by atoms with Crippen LogP contribution in [0.2, 0.25) is 0 Å². The third-order valence-electron chi connectivity index (χ3n) is 3.73. The van der Waals surface area contributed by atoms with Crippen LogP contribution >= 0.6 is 0 Å². The molecule has 2 aliphatic rings. The van der Waals surface area contributed by atoms with Gasteiger partial charge < -0.3 is 16.2 Å². The summed E-state index contributed by atoms with van der Waals surface area (Å²) in [6.07, 6.45) is -3.39. The van der Waals surface area contributed by atoms with Crippen molar-refractivity contribution in [2.45, 2.75) is 25.0 Å². The van der Waals surface area contributed by atoms with Crippen molar-refractivity contribution in [3.63, 3.8) is 0 Å². The maximum Gasteiger partial charge on any atom is 0.284 e. The number of amidine groups is 1. The van der Waals surface area contributed by atoms with E-state index in [9.17, 15) is 8.78 Å². The first-order valence-electron chi connectivity index (χ1n) is 6.13. The lowest BCUT2D eigenvalue weighted by atomic mass is 9.70. The number of alkyl halides is 2. The van der Waals surface area contributed by atoms with Gasteiger partial charge in [-0.15, -0.1) is 0 Å². The number of nitrogens with zero attached hydrogens (tertiary/aromatic N) is 1. The van der Waals surface area contributed by atoms with Crippen LogP contribution in [0.25, 0.3) is 0 Å². The van der Waals surface area contributed by atoms with Gasteiger partial charge in [0.05, 0.1) is 0 Å². The van der Waals surface area contributed by atoms with Crippen molar-refractivity contribution in [2.24, 2.45) is 16.6 Å². The lowest BCUT2D eigenvalue weighted by Gasteiger charge is -2.43. The summed E-state index contributed by atoms with van der Waals surface area (Å²) in [5.41, 5.74) is 10.9. The average Bonchev–Trinajstić information content (AvgIpc) is 2.35. The van der Waals surface area contributed by atoms with E-state index < -0.39 is 24.0 Å². The highest BCUT2D eigenvalue weighted by Crippen LogP contribution is 2.47. The van der Waals surface area contributed by atoms with E-state index in [0.717, 1.165) is 0 Å². The monoisotopic (exact) mass is 277 g/mol. The van der Waals surface area contributed by atoms with Crippen LogP contribution in [-0.2, 0) is 10.3 Å². The Hall–Kier alpha value is -2.29. The molecule has 0 saturated carbocycles. The van der Waals surface area contributed by atoms with Crippen molar-refractivity contribution in [3.8, 4) is 11.8 Å². The minimum Gasteiger partial charge on any atom is -0.447 e. The van der Waals surface area contributed by atoms with Crippen LogP contribution in [0.4, 0.5) is 14.5 Å². The van der Waals surface area contributed by atoms with Gasteiger partial charge in [-0.25, -0.2) is 13.8 Å². The molecule has 0 fully saturated rings. The Morgan fingerprint density at radius 3 is 2.70 bits per heavy atom. The summed E-state index contributed by atoms with van der Waals surface area (Å²) in [5, 5.41) is 0. The molecule has 0 bridgehead atoms. The lowest BCUT2D eigenvalue weighted by molar-refractivity contribution is -0.0173. The average molecular weight is 277 g/mol. The highest BCUT2D eigenvalue weighted by atomic mass is 19.3. The molecule has 0 aromatic heterocycles. The predicted octanol–water partition coefficient (Wildman–Crippen LogP) is 1.38. The molecule has 104 valence electrons. The Balaban J connectivity index is 2.26. The number of rotatable bonds is 2. The summed E-state index contributed by atoms with van der Waals surface area (Å²) < 4.78 is 32.9. The quantitative estimate of drug-likeness (QED) is 0.633. The zero-order chi connectivity index (χ0) is 14.5. The fraction of sp³-hybridized carbons (Fsp3) is 0.357. The molecule has 1 aromatic carbocycles. The van der Waals surface area contributed by atoms with Gasteiger partial charge in [0.2, 0.25) is 0 Å². The normalized spacial score (nSPS) is 30.5. The van der Waals surface area contributed by atoms with Gasteiger partial charge in [0.25, 0.3) is 12.4 Å². The van der Waals surface area contributed by atoms with E-state index in [1.165, 1.54) is 6.07 Å². The number of ether oxygens (including phenoxy) is 1. The topological polar surface area (TPSA) is 73.6 Å². The molecular weight excluding hydrogens is 264 g/mol. The number of nitrogens with two attached hydrogens (primary N) is 2.